The van der Waals surface area contributed by atoms with Gasteiger partial charge in [-0.3, -0.25) is 9.52 Å². The van der Waals surface area contributed by atoms with Crippen molar-refractivity contribution in [2.75, 3.05) is 17.8 Å². The van der Waals surface area contributed by atoms with Crippen LogP contribution in [0.5, 0.6) is 0 Å². The highest BCUT2D eigenvalue weighted by molar-refractivity contribution is 7.94. The average Bonchev–Trinajstić information content (AvgIpc) is 3.44. The number of rotatable bonds is 5. The van der Waals surface area contributed by atoms with Gasteiger partial charge in [-0.1, -0.05) is 11.2 Å². The summed E-state index contributed by atoms with van der Waals surface area (Å²) in [5.74, 6) is -0.178. The summed E-state index contributed by atoms with van der Waals surface area (Å²) in [6.07, 6.45) is 1.93. The van der Waals surface area contributed by atoms with E-state index < -0.39 is 10.0 Å². The molecule has 1 saturated heterocycles. The Bertz CT molecular complexity index is 1160. The second-order valence-electron chi connectivity index (χ2n) is 6.98. The molecule has 0 bridgehead atoms. The number of aryl methyl sites for hydroxylation is 2. The van der Waals surface area contributed by atoms with Gasteiger partial charge in [-0.25, -0.2) is 8.42 Å². The van der Waals surface area contributed by atoms with Crippen LogP contribution in [0.1, 0.15) is 34.7 Å². The molecule has 0 spiro atoms. The molecule has 29 heavy (non-hydrogen) atoms. The SMILES string of the molecule is Cc1ccc(NS(=O)(=O)c2cc(-c3noc(C(=O)N4CCCC4)n3)cs2)cc1C. The number of hydrogen-bond acceptors (Lipinski definition) is 7. The molecule has 1 amide bonds. The standard InChI is InChI=1S/C19H20N4O4S2/c1-12-5-6-15(9-13(12)2)22-29(25,26)16-10-14(11-28-16)17-20-18(27-21-17)19(24)23-7-3-4-8-23/h5-6,9-11,22H,3-4,7-8H2,1-2H3. The van der Waals surface area contributed by atoms with E-state index in [1.165, 1.54) is 6.07 Å². The van der Waals surface area contributed by atoms with Gasteiger partial charge in [-0.2, -0.15) is 4.98 Å². The molecule has 8 nitrogen and oxygen atoms in total. The van der Waals surface area contributed by atoms with E-state index in [-0.39, 0.29) is 21.8 Å². The smallest absolute Gasteiger partial charge is 0.316 e. The fourth-order valence-electron chi connectivity index (χ4n) is 3.07. The maximum atomic E-state index is 12.7. The monoisotopic (exact) mass is 432 g/mol. The second kappa shape index (κ2) is 7.60. The minimum Gasteiger partial charge on any atom is -0.334 e. The molecule has 0 unspecified atom stereocenters. The van der Waals surface area contributed by atoms with E-state index in [0.29, 0.717) is 24.3 Å². The van der Waals surface area contributed by atoms with Crippen LogP contribution in [0.3, 0.4) is 0 Å². The largest absolute Gasteiger partial charge is 0.334 e. The Hall–Kier alpha value is -2.72. The Morgan fingerprint density at radius 1 is 1.17 bits per heavy atom. The molecule has 3 aromatic rings. The highest BCUT2D eigenvalue weighted by atomic mass is 32.2. The average molecular weight is 433 g/mol. The van der Waals surface area contributed by atoms with Gasteiger partial charge in [0.25, 0.3) is 10.0 Å². The van der Waals surface area contributed by atoms with Crippen LogP contribution in [0.25, 0.3) is 11.4 Å². The number of anilines is 1. The van der Waals surface area contributed by atoms with E-state index >= 15 is 0 Å². The first-order valence-corrected chi connectivity index (χ1v) is 11.5. The number of sulfonamides is 1. The molecule has 1 aliphatic rings. The van der Waals surface area contributed by atoms with Crippen LogP contribution in [0.4, 0.5) is 5.69 Å². The van der Waals surface area contributed by atoms with Crippen molar-refractivity contribution in [3.8, 4) is 11.4 Å². The van der Waals surface area contributed by atoms with Crippen molar-refractivity contribution < 1.29 is 17.7 Å². The maximum absolute atomic E-state index is 12.7. The topological polar surface area (TPSA) is 105 Å². The number of carbonyl (C=O) groups excluding carboxylic acids is 1. The molecule has 0 atom stereocenters. The molecule has 1 N–H and O–H groups in total. The van der Waals surface area contributed by atoms with Gasteiger partial charge in [0.05, 0.1) is 0 Å². The minimum atomic E-state index is -3.75. The summed E-state index contributed by atoms with van der Waals surface area (Å²) in [6, 6.07) is 6.86. The minimum absolute atomic E-state index is 0.0780. The highest BCUT2D eigenvalue weighted by Gasteiger charge is 2.26. The molecular formula is C19H20N4O4S2. The van der Waals surface area contributed by atoms with Crippen LogP contribution in [-0.4, -0.2) is 42.5 Å². The lowest BCUT2D eigenvalue weighted by Gasteiger charge is -2.10. The lowest BCUT2D eigenvalue weighted by atomic mass is 10.1. The fraction of sp³-hybridized carbons (Fsp3) is 0.316. The summed E-state index contributed by atoms with van der Waals surface area (Å²) in [5, 5.41) is 5.47. The number of amides is 1. The van der Waals surface area contributed by atoms with Crippen LogP contribution >= 0.6 is 11.3 Å². The van der Waals surface area contributed by atoms with Crippen LogP contribution < -0.4 is 4.72 Å². The number of nitrogens with zero attached hydrogens (tertiary/aromatic N) is 3. The van der Waals surface area contributed by atoms with Crippen molar-refractivity contribution in [1.82, 2.24) is 15.0 Å². The molecule has 1 fully saturated rings. The lowest BCUT2D eigenvalue weighted by molar-refractivity contribution is 0.0743. The first-order chi connectivity index (χ1) is 13.8. The normalized spacial score (nSPS) is 14.3. The van der Waals surface area contributed by atoms with Crippen LogP contribution in [-0.2, 0) is 10.0 Å². The van der Waals surface area contributed by atoms with E-state index in [2.05, 4.69) is 14.9 Å². The summed E-state index contributed by atoms with van der Waals surface area (Å²) < 4.78 is 33.2. The van der Waals surface area contributed by atoms with Gasteiger partial charge in [-0.05, 0) is 56.0 Å². The van der Waals surface area contributed by atoms with E-state index in [1.807, 2.05) is 19.9 Å². The Morgan fingerprint density at radius 2 is 1.93 bits per heavy atom. The number of aromatic nitrogens is 2. The molecule has 10 heteroatoms. The summed E-state index contributed by atoms with van der Waals surface area (Å²) in [4.78, 5) is 18.2. The van der Waals surface area contributed by atoms with Crippen molar-refractivity contribution in [3.05, 3.63) is 46.7 Å². The molecular weight excluding hydrogens is 412 g/mol. The lowest BCUT2D eigenvalue weighted by Crippen LogP contribution is -2.27. The van der Waals surface area contributed by atoms with Crippen molar-refractivity contribution in [2.45, 2.75) is 30.9 Å². The quantitative estimate of drug-likeness (QED) is 0.662. The fourth-order valence-corrected chi connectivity index (χ4v) is 5.28. The molecule has 1 aliphatic heterocycles. The van der Waals surface area contributed by atoms with Gasteiger partial charge in [0.2, 0.25) is 5.82 Å². The van der Waals surface area contributed by atoms with Crippen LogP contribution in [0, 0.1) is 13.8 Å². The number of carbonyl (C=O) groups is 1. The molecule has 152 valence electrons. The van der Waals surface area contributed by atoms with E-state index in [4.69, 9.17) is 4.52 Å². The summed E-state index contributed by atoms with van der Waals surface area (Å²) in [7, 11) is -3.75. The molecule has 1 aromatic carbocycles. The molecule has 0 saturated carbocycles. The van der Waals surface area contributed by atoms with Gasteiger partial charge < -0.3 is 9.42 Å². The second-order valence-corrected chi connectivity index (χ2v) is 9.80. The van der Waals surface area contributed by atoms with Gasteiger partial charge in [0.15, 0.2) is 0 Å². The maximum Gasteiger partial charge on any atom is 0.316 e. The third kappa shape index (κ3) is 4.03. The van der Waals surface area contributed by atoms with E-state index in [1.54, 1.807) is 22.4 Å². The van der Waals surface area contributed by atoms with Gasteiger partial charge in [0, 0.05) is 29.7 Å². The summed E-state index contributed by atoms with van der Waals surface area (Å²) in [6.45, 7) is 5.25. The Labute approximate surface area is 172 Å². The van der Waals surface area contributed by atoms with Gasteiger partial charge >= 0.3 is 11.8 Å². The molecule has 0 radical (unpaired) electrons. The van der Waals surface area contributed by atoms with Crippen LogP contribution in [0.2, 0.25) is 0 Å². The van der Waals surface area contributed by atoms with E-state index in [9.17, 15) is 13.2 Å². The Morgan fingerprint density at radius 3 is 2.66 bits per heavy atom. The highest BCUT2D eigenvalue weighted by Crippen LogP contribution is 2.29. The zero-order valence-electron chi connectivity index (χ0n) is 16.0. The zero-order chi connectivity index (χ0) is 20.6. The number of thiophene rings is 1. The van der Waals surface area contributed by atoms with Crippen molar-refractivity contribution in [3.63, 3.8) is 0 Å². The molecule has 2 aromatic heterocycles. The first kappa shape index (κ1) is 19.6. The predicted molar refractivity (Wildman–Crippen MR) is 109 cm³/mol. The Kier molecular flexibility index (Phi) is 5.13. The van der Waals surface area contributed by atoms with Gasteiger partial charge in [-0.15, -0.1) is 11.3 Å². The number of likely N-dealkylation sites (tertiary alicyclic amines) is 1. The van der Waals surface area contributed by atoms with Crippen molar-refractivity contribution >= 4 is 33.0 Å². The third-order valence-corrected chi connectivity index (χ3v) is 7.68. The van der Waals surface area contributed by atoms with E-state index in [0.717, 1.165) is 35.3 Å². The molecule has 0 aliphatic carbocycles. The Balaban J connectivity index is 1.53. The zero-order valence-corrected chi connectivity index (χ0v) is 17.6. The number of hydrogen-bond donors (Lipinski definition) is 1. The molecule has 4 rings (SSSR count). The van der Waals surface area contributed by atoms with Crippen LogP contribution in [0.15, 0.2) is 38.4 Å². The number of nitrogens with one attached hydrogen (secondary N) is 1. The first-order valence-electron chi connectivity index (χ1n) is 9.15. The van der Waals surface area contributed by atoms with Gasteiger partial charge in [0.1, 0.15) is 4.21 Å². The molecule has 3 heterocycles. The predicted octanol–water partition coefficient (Wildman–Crippen LogP) is 3.45. The summed E-state index contributed by atoms with van der Waals surface area (Å²) >= 11 is 1.05. The van der Waals surface area contributed by atoms with Crippen molar-refractivity contribution in [2.24, 2.45) is 0 Å². The summed E-state index contributed by atoms with van der Waals surface area (Å²) in [5.41, 5.74) is 3.07. The van der Waals surface area contributed by atoms with Crippen molar-refractivity contribution in [1.29, 1.82) is 0 Å². The number of benzene rings is 1. The third-order valence-electron chi connectivity index (χ3n) is 4.86.